The molecule has 4 heterocycles. The first-order valence-corrected chi connectivity index (χ1v) is 11.0. The second kappa shape index (κ2) is 8.69. The van der Waals surface area contributed by atoms with E-state index in [1.165, 1.54) is 18.5 Å². The first-order chi connectivity index (χ1) is 14.0. The molecule has 1 aromatic heterocycles. The molecule has 4 rings (SSSR count). The van der Waals surface area contributed by atoms with Gasteiger partial charge >= 0.3 is 0 Å². The van der Waals surface area contributed by atoms with Gasteiger partial charge in [-0.25, -0.2) is 0 Å². The van der Waals surface area contributed by atoms with E-state index in [0.29, 0.717) is 12.5 Å². The van der Waals surface area contributed by atoms with E-state index in [9.17, 15) is 9.59 Å². The molecule has 0 radical (unpaired) electrons. The van der Waals surface area contributed by atoms with Gasteiger partial charge in [0.2, 0.25) is 11.8 Å². The van der Waals surface area contributed by atoms with Crippen molar-refractivity contribution in [1.29, 1.82) is 0 Å². The zero-order valence-corrected chi connectivity index (χ0v) is 17.8. The molecule has 0 saturated carbocycles. The van der Waals surface area contributed by atoms with Crippen molar-refractivity contribution in [3.05, 3.63) is 23.5 Å². The Hall–Kier alpha value is -2.15. The van der Waals surface area contributed by atoms with Gasteiger partial charge in [0.1, 0.15) is 0 Å². The minimum absolute atomic E-state index is 0.154. The van der Waals surface area contributed by atoms with Crippen molar-refractivity contribution >= 4 is 17.5 Å². The summed E-state index contributed by atoms with van der Waals surface area (Å²) in [5, 5.41) is 0. The number of anilines is 1. The van der Waals surface area contributed by atoms with Crippen LogP contribution in [0.3, 0.4) is 0 Å². The van der Waals surface area contributed by atoms with Crippen LogP contribution in [0.1, 0.15) is 43.5 Å². The summed E-state index contributed by atoms with van der Waals surface area (Å²) in [6.45, 7) is 11.2. The van der Waals surface area contributed by atoms with Crippen LogP contribution in [0.4, 0.5) is 5.69 Å². The van der Waals surface area contributed by atoms with E-state index < -0.39 is 0 Å². The Morgan fingerprint density at radius 3 is 2.41 bits per heavy atom. The smallest absolute Gasteiger partial charge is 0.236 e. The predicted molar refractivity (Wildman–Crippen MR) is 113 cm³/mol. The van der Waals surface area contributed by atoms with Crippen LogP contribution in [0.2, 0.25) is 0 Å². The van der Waals surface area contributed by atoms with Crippen molar-refractivity contribution in [2.75, 3.05) is 63.8 Å². The van der Waals surface area contributed by atoms with E-state index in [1.807, 2.05) is 16.7 Å². The Morgan fingerprint density at radius 1 is 1.00 bits per heavy atom. The molecular formula is C22H33N5O2. The lowest BCUT2D eigenvalue weighted by Crippen LogP contribution is -2.48. The molecular weight excluding hydrogens is 366 g/mol. The molecule has 1 atom stereocenters. The standard InChI is InChI=1S/C22H33N5O2/c1-17-13-20(26-11-9-25(10-12-26)18(2)28)14-21(23-17)19-5-8-27(15-19)22(29)16-24-6-3-4-7-24/h13-14,19H,3-12,15-16H2,1-2H3. The third kappa shape index (κ3) is 4.71. The first-order valence-electron chi connectivity index (χ1n) is 11.0. The summed E-state index contributed by atoms with van der Waals surface area (Å²) in [6.07, 6.45) is 3.42. The lowest BCUT2D eigenvalue weighted by Gasteiger charge is -2.36. The zero-order chi connectivity index (χ0) is 20.4. The fourth-order valence-electron chi connectivity index (χ4n) is 4.81. The summed E-state index contributed by atoms with van der Waals surface area (Å²) in [4.78, 5) is 37.6. The van der Waals surface area contributed by atoms with Crippen LogP contribution >= 0.6 is 0 Å². The second-order valence-corrected chi connectivity index (χ2v) is 8.69. The summed E-state index contributed by atoms with van der Waals surface area (Å²) in [7, 11) is 0. The molecule has 1 aromatic rings. The van der Waals surface area contributed by atoms with Crippen LogP contribution in [0.15, 0.2) is 12.1 Å². The summed E-state index contributed by atoms with van der Waals surface area (Å²) in [5.41, 5.74) is 3.32. The van der Waals surface area contributed by atoms with E-state index in [0.717, 1.165) is 70.2 Å². The Bertz CT molecular complexity index is 754. The summed E-state index contributed by atoms with van der Waals surface area (Å²) in [6, 6.07) is 4.34. The maximum absolute atomic E-state index is 12.7. The molecule has 0 bridgehead atoms. The van der Waals surface area contributed by atoms with Gasteiger partial charge in [-0.2, -0.15) is 0 Å². The quantitative estimate of drug-likeness (QED) is 0.767. The van der Waals surface area contributed by atoms with Gasteiger partial charge in [0, 0.05) is 69.2 Å². The molecule has 2 amide bonds. The van der Waals surface area contributed by atoms with E-state index in [4.69, 9.17) is 4.98 Å². The van der Waals surface area contributed by atoms with Crippen molar-refractivity contribution in [3.8, 4) is 0 Å². The number of piperazine rings is 1. The number of hydrogen-bond donors (Lipinski definition) is 0. The number of pyridine rings is 1. The molecule has 1 unspecified atom stereocenters. The minimum Gasteiger partial charge on any atom is -0.368 e. The number of likely N-dealkylation sites (tertiary alicyclic amines) is 2. The summed E-state index contributed by atoms with van der Waals surface area (Å²) >= 11 is 0. The van der Waals surface area contributed by atoms with Gasteiger partial charge in [-0.15, -0.1) is 0 Å². The van der Waals surface area contributed by atoms with E-state index in [-0.39, 0.29) is 11.8 Å². The van der Waals surface area contributed by atoms with Gasteiger partial charge in [-0.3, -0.25) is 19.5 Å². The normalized spacial score (nSPS) is 23.1. The molecule has 3 fully saturated rings. The Labute approximate surface area is 173 Å². The van der Waals surface area contributed by atoms with Crippen molar-refractivity contribution < 1.29 is 9.59 Å². The molecule has 158 valence electrons. The van der Waals surface area contributed by atoms with Crippen molar-refractivity contribution in [1.82, 2.24) is 19.7 Å². The molecule has 3 saturated heterocycles. The van der Waals surface area contributed by atoms with Gasteiger partial charge in [0.05, 0.1) is 6.54 Å². The highest BCUT2D eigenvalue weighted by molar-refractivity contribution is 5.78. The first kappa shape index (κ1) is 20.1. The average Bonchev–Trinajstić information content (AvgIpc) is 3.39. The van der Waals surface area contributed by atoms with Crippen LogP contribution < -0.4 is 4.90 Å². The largest absolute Gasteiger partial charge is 0.368 e. The third-order valence-electron chi connectivity index (χ3n) is 6.56. The van der Waals surface area contributed by atoms with Crippen LogP contribution in [0.5, 0.6) is 0 Å². The maximum Gasteiger partial charge on any atom is 0.236 e. The van der Waals surface area contributed by atoms with Gasteiger partial charge in [0.15, 0.2) is 0 Å². The summed E-state index contributed by atoms with van der Waals surface area (Å²) in [5.74, 6) is 0.734. The molecule has 7 heteroatoms. The van der Waals surface area contributed by atoms with Crippen molar-refractivity contribution in [2.24, 2.45) is 0 Å². The van der Waals surface area contributed by atoms with Crippen LogP contribution in [-0.4, -0.2) is 90.4 Å². The molecule has 0 aliphatic carbocycles. The molecule has 0 N–H and O–H groups in total. The molecule has 29 heavy (non-hydrogen) atoms. The Morgan fingerprint density at radius 2 is 1.72 bits per heavy atom. The van der Waals surface area contributed by atoms with E-state index in [2.05, 4.69) is 21.9 Å². The lowest BCUT2D eigenvalue weighted by atomic mass is 10.0. The molecule has 3 aliphatic rings. The van der Waals surface area contributed by atoms with Gasteiger partial charge < -0.3 is 14.7 Å². The third-order valence-corrected chi connectivity index (χ3v) is 6.56. The van der Waals surface area contributed by atoms with Crippen LogP contribution in [0, 0.1) is 6.92 Å². The van der Waals surface area contributed by atoms with Crippen LogP contribution in [-0.2, 0) is 9.59 Å². The maximum atomic E-state index is 12.7. The highest BCUT2D eigenvalue weighted by Crippen LogP contribution is 2.29. The second-order valence-electron chi connectivity index (χ2n) is 8.69. The number of nitrogens with zero attached hydrogens (tertiary/aromatic N) is 5. The highest BCUT2D eigenvalue weighted by Gasteiger charge is 2.30. The lowest BCUT2D eigenvalue weighted by molar-refractivity contribution is -0.131. The van der Waals surface area contributed by atoms with Crippen LogP contribution in [0.25, 0.3) is 0 Å². The number of carbonyl (C=O) groups is 2. The van der Waals surface area contributed by atoms with Gasteiger partial charge in [0.25, 0.3) is 0 Å². The van der Waals surface area contributed by atoms with Crippen molar-refractivity contribution in [2.45, 2.75) is 39.0 Å². The Kier molecular flexibility index (Phi) is 6.04. The number of carbonyl (C=O) groups excluding carboxylic acids is 2. The molecule has 3 aliphatic heterocycles. The molecule has 0 spiro atoms. The van der Waals surface area contributed by atoms with Crippen molar-refractivity contribution in [3.63, 3.8) is 0 Å². The topological polar surface area (TPSA) is 60.0 Å². The van der Waals surface area contributed by atoms with E-state index >= 15 is 0 Å². The predicted octanol–water partition coefficient (Wildman–Crippen LogP) is 1.47. The number of hydrogen-bond acceptors (Lipinski definition) is 5. The minimum atomic E-state index is 0.154. The zero-order valence-electron chi connectivity index (χ0n) is 17.8. The number of amides is 2. The van der Waals surface area contributed by atoms with E-state index in [1.54, 1.807) is 6.92 Å². The Balaban J connectivity index is 1.39. The fourth-order valence-corrected chi connectivity index (χ4v) is 4.81. The number of aryl methyl sites for hydroxylation is 1. The average molecular weight is 400 g/mol. The number of rotatable bonds is 4. The highest BCUT2D eigenvalue weighted by atomic mass is 16.2. The van der Waals surface area contributed by atoms with Gasteiger partial charge in [-0.05, 0) is 51.4 Å². The summed E-state index contributed by atoms with van der Waals surface area (Å²) < 4.78 is 0. The monoisotopic (exact) mass is 399 g/mol. The SMILES string of the molecule is CC(=O)N1CCN(c2cc(C)nc(C3CCN(C(=O)CN4CCCC4)C3)c2)CC1. The number of aromatic nitrogens is 1. The molecule has 7 nitrogen and oxygen atoms in total. The fraction of sp³-hybridized carbons (Fsp3) is 0.682. The van der Waals surface area contributed by atoms with Gasteiger partial charge in [-0.1, -0.05) is 0 Å². The molecule has 0 aromatic carbocycles.